The van der Waals surface area contributed by atoms with Gasteiger partial charge in [-0.1, -0.05) is 18.2 Å². The Morgan fingerprint density at radius 3 is 2.40 bits per heavy atom. The topological polar surface area (TPSA) is 71.1 Å². The van der Waals surface area contributed by atoms with E-state index in [1.165, 1.54) is 18.2 Å². The van der Waals surface area contributed by atoms with Gasteiger partial charge in [-0.25, -0.2) is 9.37 Å². The van der Waals surface area contributed by atoms with Gasteiger partial charge in [0.1, 0.15) is 11.6 Å². The van der Waals surface area contributed by atoms with Gasteiger partial charge in [0.2, 0.25) is 0 Å². The van der Waals surface area contributed by atoms with Crippen molar-refractivity contribution in [1.82, 2.24) is 4.98 Å². The van der Waals surface area contributed by atoms with Crippen LogP contribution >= 0.6 is 0 Å². The van der Waals surface area contributed by atoms with Gasteiger partial charge in [0.05, 0.1) is 5.69 Å². The molecule has 1 aromatic carbocycles. The standard InChI is InChI=1S/C14H12FN3O2/c1-9-5-4-8-12(16-9)18-14(20)13(19)17-11-7-3-2-6-10(11)15/h2-8H,1H3,(H,17,19)(H,16,18,20). The van der Waals surface area contributed by atoms with Crippen LogP contribution in [-0.4, -0.2) is 16.8 Å². The van der Waals surface area contributed by atoms with Crippen molar-refractivity contribution < 1.29 is 14.0 Å². The van der Waals surface area contributed by atoms with E-state index in [9.17, 15) is 14.0 Å². The molecule has 0 atom stereocenters. The lowest BCUT2D eigenvalue weighted by Gasteiger charge is -2.07. The van der Waals surface area contributed by atoms with E-state index in [1.807, 2.05) is 0 Å². The number of carbonyl (C=O) groups is 2. The maximum absolute atomic E-state index is 13.3. The van der Waals surface area contributed by atoms with Crippen LogP contribution in [0, 0.1) is 12.7 Å². The second kappa shape index (κ2) is 5.92. The fraction of sp³-hybridized carbons (Fsp3) is 0.0714. The number of pyridine rings is 1. The smallest absolute Gasteiger partial charge is 0.315 e. The van der Waals surface area contributed by atoms with E-state index in [4.69, 9.17) is 0 Å². The zero-order valence-electron chi connectivity index (χ0n) is 10.7. The highest BCUT2D eigenvalue weighted by molar-refractivity contribution is 6.43. The third kappa shape index (κ3) is 3.38. The first kappa shape index (κ1) is 13.7. The number of benzene rings is 1. The van der Waals surface area contributed by atoms with Gasteiger partial charge in [-0.05, 0) is 31.2 Å². The Morgan fingerprint density at radius 1 is 1.00 bits per heavy atom. The number of hydrogen-bond acceptors (Lipinski definition) is 3. The predicted molar refractivity (Wildman–Crippen MR) is 72.6 cm³/mol. The Bertz CT molecular complexity index is 658. The molecular formula is C14H12FN3O2. The van der Waals surface area contributed by atoms with Crippen LogP contribution in [0.4, 0.5) is 15.9 Å². The van der Waals surface area contributed by atoms with Crippen molar-refractivity contribution in [2.45, 2.75) is 6.92 Å². The summed E-state index contributed by atoms with van der Waals surface area (Å²) in [5.74, 6) is -2.22. The highest BCUT2D eigenvalue weighted by Gasteiger charge is 2.16. The first-order valence-corrected chi connectivity index (χ1v) is 5.87. The van der Waals surface area contributed by atoms with Crippen LogP contribution in [0.2, 0.25) is 0 Å². The lowest BCUT2D eigenvalue weighted by Crippen LogP contribution is -2.29. The van der Waals surface area contributed by atoms with Crippen LogP contribution in [0.15, 0.2) is 42.5 Å². The van der Waals surface area contributed by atoms with Crippen LogP contribution in [0.1, 0.15) is 5.69 Å². The molecule has 0 fully saturated rings. The van der Waals surface area contributed by atoms with Gasteiger partial charge in [0.25, 0.3) is 0 Å². The number of hydrogen-bond donors (Lipinski definition) is 2. The fourth-order valence-corrected chi connectivity index (χ4v) is 1.53. The highest BCUT2D eigenvalue weighted by Crippen LogP contribution is 2.12. The van der Waals surface area contributed by atoms with Crippen molar-refractivity contribution in [2.75, 3.05) is 10.6 Å². The molecule has 2 amide bonds. The molecule has 20 heavy (non-hydrogen) atoms. The van der Waals surface area contributed by atoms with Crippen molar-refractivity contribution in [3.8, 4) is 0 Å². The van der Waals surface area contributed by atoms with Gasteiger partial charge in [0, 0.05) is 5.69 Å². The molecule has 102 valence electrons. The van der Waals surface area contributed by atoms with Gasteiger partial charge in [0.15, 0.2) is 0 Å². The Morgan fingerprint density at radius 2 is 1.70 bits per heavy atom. The predicted octanol–water partition coefficient (Wildman–Crippen LogP) is 2.11. The summed E-state index contributed by atoms with van der Waals surface area (Å²) < 4.78 is 13.3. The molecule has 0 aliphatic carbocycles. The SMILES string of the molecule is Cc1cccc(NC(=O)C(=O)Nc2ccccc2F)n1. The van der Waals surface area contributed by atoms with Crippen LogP contribution < -0.4 is 10.6 Å². The molecule has 2 N–H and O–H groups in total. The first-order valence-electron chi connectivity index (χ1n) is 5.87. The van der Waals surface area contributed by atoms with Crippen LogP contribution in [0.25, 0.3) is 0 Å². The number of aromatic nitrogens is 1. The van der Waals surface area contributed by atoms with E-state index in [0.29, 0.717) is 5.69 Å². The highest BCUT2D eigenvalue weighted by atomic mass is 19.1. The van der Waals surface area contributed by atoms with Crippen LogP contribution in [0.3, 0.4) is 0 Å². The van der Waals surface area contributed by atoms with E-state index in [2.05, 4.69) is 15.6 Å². The third-order valence-electron chi connectivity index (χ3n) is 2.46. The minimum Gasteiger partial charge on any atom is -0.315 e. The number of carbonyl (C=O) groups excluding carboxylic acids is 2. The van der Waals surface area contributed by atoms with Crippen molar-refractivity contribution >= 4 is 23.3 Å². The number of nitrogens with zero attached hydrogens (tertiary/aromatic N) is 1. The number of nitrogens with one attached hydrogen (secondary N) is 2. The lowest BCUT2D eigenvalue weighted by atomic mass is 10.3. The Labute approximate surface area is 114 Å². The van der Waals surface area contributed by atoms with Crippen molar-refractivity contribution in [2.24, 2.45) is 0 Å². The van der Waals surface area contributed by atoms with Gasteiger partial charge >= 0.3 is 11.8 Å². The van der Waals surface area contributed by atoms with Gasteiger partial charge in [-0.15, -0.1) is 0 Å². The summed E-state index contributed by atoms with van der Waals surface area (Å²) in [6.45, 7) is 1.76. The summed E-state index contributed by atoms with van der Waals surface area (Å²) in [4.78, 5) is 27.3. The third-order valence-corrected chi connectivity index (χ3v) is 2.46. The second-order valence-corrected chi connectivity index (χ2v) is 4.05. The maximum atomic E-state index is 13.3. The molecule has 1 heterocycles. The largest absolute Gasteiger partial charge is 0.315 e. The summed E-state index contributed by atoms with van der Waals surface area (Å²) in [6.07, 6.45) is 0. The molecule has 6 heteroatoms. The van der Waals surface area contributed by atoms with E-state index >= 15 is 0 Å². The average molecular weight is 273 g/mol. The Balaban J connectivity index is 2.03. The minimum atomic E-state index is -0.960. The maximum Gasteiger partial charge on any atom is 0.315 e. The summed E-state index contributed by atoms with van der Waals surface area (Å²) in [5, 5.41) is 4.53. The molecule has 0 aliphatic heterocycles. The molecule has 0 saturated heterocycles. The summed E-state index contributed by atoms with van der Waals surface area (Å²) >= 11 is 0. The number of anilines is 2. The van der Waals surface area contributed by atoms with Crippen molar-refractivity contribution in [3.05, 3.63) is 54.0 Å². The van der Waals surface area contributed by atoms with E-state index in [1.54, 1.807) is 31.2 Å². The molecule has 0 unspecified atom stereocenters. The molecule has 2 rings (SSSR count). The summed E-state index contributed by atoms with van der Waals surface area (Å²) in [5.41, 5.74) is 0.655. The normalized spacial score (nSPS) is 9.90. The quantitative estimate of drug-likeness (QED) is 0.823. The van der Waals surface area contributed by atoms with Crippen molar-refractivity contribution in [3.63, 3.8) is 0 Å². The van der Waals surface area contributed by atoms with Gasteiger partial charge in [-0.3, -0.25) is 9.59 Å². The summed E-state index contributed by atoms with van der Waals surface area (Å²) in [6, 6.07) is 10.6. The first-order chi connectivity index (χ1) is 9.56. The number of amides is 2. The fourth-order valence-electron chi connectivity index (χ4n) is 1.53. The minimum absolute atomic E-state index is 0.0511. The zero-order valence-corrected chi connectivity index (χ0v) is 10.7. The Hall–Kier alpha value is -2.76. The van der Waals surface area contributed by atoms with Crippen LogP contribution in [-0.2, 0) is 9.59 Å². The molecule has 0 saturated carbocycles. The number of para-hydroxylation sites is 1. The van der Waals surface area contributed by atoms with Crippen LogP contribution in [0.5, 0.6) is 0 Å². The van der Waals surface area contributed by atoms with Gasteiger partial charge in [-0.2, -0.15) is 0 Å². The number of aryl methyl sites for hydroxylation is 1. The second-order valence-electron chi connectivity index (χ2n) is 4.05. The van der Waals surface area contributed by atoms with Crippen molar-refractivity contribution in [1.29, 1.82) is 0 Å². The van der Waals surface area contributed by atoms with Gasteiger partial charge < -0.3 is 10.6 Å². The molecule has 5 nitrogen and oxygen atoms in total. The van der Waals surface area contributed by atoms with E-state index in [0.717, 1.165) is 0 Å². The van der Waals surface area contributed by atoms with E-state index in [-0.39, 0.29) is 11.5 Å². The lowest BCUT2D eigenvalue weighted by molar-refractivity contribution is -0.133. The Kier molecular flexibility index (Phi) is 4.05. The number of halogens is 1. The number of rotatable bonds is 2. The van der Waals surface area contributed by atoms with E-state index < -0.39 is 17.6 Å². The molecule has 0 aliphatic rings. The molecule has 0 bridgehead atoms. The molecule has 0 radical (unpaired) electrons. The summed E-state index contributed by atoms with van der Waals surface area (Å²) in [7, 11) is 0. The molecule has 2 aromatic rings. The molecule has 1 aromatic heterocycles. The monoisotopic (exact) mass is 273 g/mol. The average Bonchev–Trinajstić information content (AvgIpc) is 2.41. The zero-order chi connectivity index (χ0) is 14.5. The molecular weight excluding hydrogens is 261 g/mol. The molecule has 0 spiro atoms.